The van der Waals surface area contributed by atoms with E-state index in [1.807, 2.05) is 84.6 Å². The van der Waals surface area contributed by atoms with Crippen LogP contribution >= 0.6 is 0 Å². The summed E-state index contributed by atoms with van der Waals surface area (Å²) in [6, 6.07) is 31.3. The Morgan fingerprint density at radius 1 is 0.694 bits per heavy atom. The van der Waals surface area contributed by atoms with E-state index in [2.05, 4.69) is 42.7 Å². The van der Waals surface area contributed by atoms with Crippen LogP contribution in [0.3, 0.4) is 0 Å². The molecule has 4 N–H and O–H groups in total. The minimum absolute atomic E-state index is 0.200. The van der Waals surface area contributed by atoms with Crippen molar-refractivity contribution >= 4 is 23.6 Å². The van der Waals surface area contributed by atoms with E-state index in [1.165, 1.54) is 12.4 Å². The van der Waals surface area contributed by atoms with Gasteiger partial charge in [0.25, 0.3) is 11.8 Å². The van der Waals surface area contributed by atoms with Crippen molar-refractivity contribution in [3.8, 4) is 45.1 Å². The Morgan fingerprint density at radius 2 is 1.26 bits per heavy atom. The number of aromatic nitrogens is 6. The van der Waals surface area contributed by atoms with Gasteiger partial charge < -0.3 is 39.9 Å². The van der Waals surface area contributed by atoms with Gasteiger partial charge in [-0.15, -0.1) is 0 Å². The number of hydrogen-bond donors (Lipinski definition) is 4. The van der Waals surface area contributed by atoms with Crippen LogP contribution in [0.1, 0.15) is 98.9 Å². The summed E-state index contributed by atoms with van der Waals surface area (Å²) in [5, 5.41) is 5.92. The Bertz CT molecular complexity index is 3240. The molecule has 360 valence electrons. The molecule has 11 rings (SSSR count). The zero-order valence-electron chi connectivity index (χ0n) is 39.4. The second kappa shape index (κ2) is 19.8. The fourth-order valence-corrected chi connectivity index (χ4v) is 9.90. The summed E-state index contributed by atoms with van der Waals surface area (Å²) in [5.41, 5.74) is 9.29. The van der Waals surface area contributed by atoms with Gasteiger partial charge in [-0.1, -0.05) is 67.6 Å². The van der Waals surface area contributed by atoms with Crippen LogP contribution in [0, 0.1) is 0 Å². The Hall–Kier alpha value is -8.92. The molecule has 7 heterocycles. The van der Waals surface area contributed by atoms with Gasteiger partial charge in [0.2, 0.25) is 11.8 Å². The number of imidazole rings is 2. The molecule has 0 saturated carbocycles. The van der Waals surface area contributed by atoms with Gasteiger partial charge in [0.05, 0.1) is 47.5 Å². The fraction of sp³-hybridized carbons (Fsp3) is 0.214. The standard InChI is InChI=1S/C56H50N10O6/c1-2-21-65(55(69)50(34-12-5-3-6-13-34)63-53(67)36-16-9-19-57-27-36)31-47-59-29-42(61-47)38-23-40-32-72-46-26-39(24-41-33-71-45(25-38)48(40)49(41)46)43-30-60-52(62-43)44-18-11-22-66(44)56(70)51(35-14-7-4-8-15-35)64-54(68)37-17-10-20-58-28-37/h3-10,12-17,19-20,23-30,44,50-51H,2,11,18,21-22,31-33H2,1H3,(H,59,61)(H,60,62)(H,63,67)(H,64,68)/t44-,50+,51+/m0/s1. The van der Waals surface area contributed by atoms with Crippen LogP contribution in [0.2, 0.25) is 0 Å². The lowest BCUT2D eigenvalue weighted by Gasteiger charge is -2.30. The Balaban J connectivity index is 0.807. The van der Waals surface area contributed by atoms with E-state index in [0.717, 1.165) is 62.7 Å². The maximum atomic E-state index is 14.4. The molecule has 0 radical (unpaired) electrons. The number of benzene rings is 4. The lowest BCUT2D eigenvalue weighted by Crippen LogP contribution is -2.43. The minimum atomic E-state index is -0.924. The number of carbonyl (C=O) groups excluding carboxylic acids is 4. The van der Waals surface area contributed by atoms with Crippen LogP contribution in [0.4, 0.5) is 0 Å². The molecule has 0 spiro atoms. The number of pyridine rings is 2. The minimum Gasteiger partial charge on any atom is -0.488 e. The topological polar surface area (TPSA) is 200 Å². The molecule has 3 atom stereocenters. The number of nitrogens with one attached hydrogen (secondary N) is 4. The molecule has 72 heavy (non-hydrogen) atoms. The highest BCUT2D eigenvalue weighted by Gasteiger charge is 2.38. The van der Waals surface area contributed by atoms with Gasteiger partial charge in [-0.25, -0.2) is 9.97 Å². The number of rotatable bonds is 15. The van der Waals surface area contributed by atoms with E-state index in [1.54, 1.807) is 54.0 Å². The van der Waals surface area contributed by atoms with Crippen LogP contribution in [0.5, 0.6) is 11.5 Å². The number of aromatic amines is 2. The molecule has 16 heteroatoms. The highest BCUT2D eigenvalue weighted by atomic mass is 16.5. The molecular formula is C56H50N10O6. The highest BCUT2D eigenvalue weighted by molar-refractivity contribution is 5.98. The van der Waals surface area contributed by atoms with Gasteiger partial charge in [-0.3, -0.25) is 29.1 Å². The third kappa shape index (κ3) is 9.05. The largest absolute Gasteiger partial charge is 0.488 e. The Morgan fingerprint density at radius 3 is 1.85 bits per heavy atom. The summed E-state index contributed by atoms with van der Waals surface area (Å²) in [4.78, 5) is 83.6. The number of ether oxygens (including phenoxy) is 2. The van der Waals surface area contributed by atoms with Crippen LogP contribution in [0.15, 0.2) is 146 Å². The molecule has 4 aromatic carbocycles. The maximum absolute atomic E-state index is 14.4. The van der Waals surface area contributed by atoms with Crippen molar-refractivity contribution in [1.29, 1.82) is 0 Å². The Kier molecular flexibility index (Phi) is 12.5. The van der Waals surface area contributed by atoms with E-state index in [0.29, 0.717) is 73.0 Å². The predicted octanol–water partition coefficient (Wildman–Crippen LogP) is 8.45. The van der Waals surface area contributed by atoms with Crippen molar-refractivity contribution in [2.45, 2.75) is 64.1 Å². The molecule has 16 nitrogen and oxygen atoms in total. The quantitative estimate of drug-likeness (QED) is 0.0773. The zero-order chi connectivity index (χ0) is 49.1. The predicted molar refractivity (Wildman–Crippen MR) is 267 cm³/mol. The first-order valence-corrected chi connectivity index (χ1v) is 24.1. The van der Waals surface area contributed by atoms with Crippen LogP contribution < -0.4 is 20.1 Å². The van der Waals surface area contributed by atoms with Gasteiger partial charge in [-0.05, 0) is 78.9 Å². The SMILES string of the molecule is CCCN(Cc1ncc(-c2cc3c4c(c2)OCc2cc(-c5cnc([C@@H]6CCCN6C(=O)[C@H](NC(=O)c6cccnc6)c6ccccc6)[nH]5)cc(c2-4)OC3)[nH]1)C(=O)[C@H](NC(=O)c1cccnc1)c1ccccc1. The molecule has 4 amide bonds. The number of hydrogen-bond acceptors (Lipinski definition) is 10. The zero-order valence-corrected chi connectivity index (χ0v) is 39.4. The average molecular weight is 959 g/mol. The summed E-state index contributed by atoms with van der Waals surface area (Å²) in [5.74, 6) is 1.50. The van der Waals surface area contributed by atoms with E-state index >= 15 is 0 Å². The number of amides is 4. The lowest BCUT2D eigenvalue weighted by molar-refractivity contribution is -0.135. The average Bonchev–Trinajstić information content (AvgIpc) is 4.24. The first kappa shape index (κ1) is 45.5. The van der Waals surface area contributed by atoms with E-state index < -0.39 is 18.0 Å². The molecule has 0 bridgehead atoms. The van der Waals surface area contributed by atoms with E-state index in [4.69, 9.17) is 19.4 Å². The lowest BCUT2D eigenvalue weighted by atomic mass is 9.87. The number of H-pyrrole nitrogens is 2. The second-order valence-electron chi connectivity index (χ2n) is 18.1. The summed E-state index contributed by atoms with van der Waals surface area (Å²) >= 11 is 0. The normalized spacial score (nSPS) is 15.1. The Labute approximate surface area is 414 Å². The van der Waals surface area contributed by atoms with Crippen LogP contribution in [-0.2, 0) is 29.3 Å². The molecule has 0 aliphatic carbocycles. The van der Waals surface area contributed by atoms with E-state index in [9.17, 15) is 19.2 Å². The first-order chi connectivity index (χ1) is 35.3. The molecule has 3 aliphatic heterocycles. The molecule has 1 fully saturated rings. The van der Waals surface area contributed by atoms with Crippen molar-refractivity contribution in [3.63, 3.8) is 0 Å². The van der Waals surface area contributed by atoms with Crippen LogP contribution in [0.25, 0.3) is 33.6 Å². The highest BCUT2D eigenvalue weighted by Crippen LogP contribution is 2.51. The monoisotopic (exact) mass is 958 g/mol. The van der Waals surface area contributed by atoms with Crippen molar-refractivity contribution in [1.82, 2.24) is 50.3 Å². The first-order valence-electron chi connectivity index (χ1n) is 24.1. The summed E-state index contributed by atoms with van der Waals surface area (Å²) < 4.78 is 13.0. The number of carbonyl (C=O) groups is 4. The summed E-state index contributed by atoms with van der Waals surface area (Å²) in [6.07, 6.45) is 11.9. The fourth-order valence-electron chi connectivity index (χ4n) is 9.90. The van der Waals surface area contributed by atoms with Gasteiger partial charge in [0.15, 0.2) is 0 Å². The third-order valence-corrected chi connectivity index (χ3v) is 13.4. The van der Waals surface area contributed by atoms with Crippen molar-refractivity contribution in [2.75, 3.05) is 13.1 Å². The third-order valence-electron chi connectivity index (χ3n) is 13.4. The van der Waals surface area contributed by atoms with Gasteiger partial charge >= 0.3 is 0 Å². The molecule has 0 unspecified atom stereocenters. The maximum Gasteiger partial charge on any atom is 0.253 e. The number of likely N-dealkylation sites (tertiary alicyclic amines) is 1. The second-order valence-corrected chi connectivity index (χ2v) is 18.1. The smallest absolute Gasteiger partial charge is 0.253 e. The summed E-state index contributed by atoms with van der Waals surface area (Å²) in [6.45, 7) is 3.81. The molecular weight excluding hydrogens is 909 g/mol. The molecule has 4 aromatic heterocycles. The van der Waals surface area contributed by atoms with Gasteiger partial charge in [0.1, 0.15) is 48.4 Å². The van der Waals surface area contributed by atoms with Gasteiger partial charge in [-0.2, -0.15) is 0 Å². The summed E-state index contributed by atoms with van der Waals surface area (Å²) in [7, 11) is 0. The van der Waals surface area contributed by atoms with Crippen LogP contribution in [-0.4, -0.2) is 76.4 Å². The van der Waals surface area contributed by atoms with Crippen molar-refractivity contribution in [2.24, 2.45) is 0 Å². The van der Waals surface area contributed by atoms with Crippen molar-refractivity contribution in [3.05, 3.63) is 191 Å². The van der Waals surface area contributed by atoms with Crippen molar-refractivity contribution < 1.29 is 28.7 Å². The van der Waals surface area contributed by atoms with Gasteiger partial charge in [0, 0.05) is 71.3 Å². The molecule has 8 aromatic rings. The number of nitrogens with zero attached hydrogens (tertiary/aromatic N) is 6. The molecule has 1 saturated heterocycles. The molecule has 3 aliphatic rings. The van der Waals surface area contributed by atoms with E-state index in [-0.39, 0.29) is 30.3 Å².